The number of hydrogen-bond acceptors (Lipinski definition) is 6. The largest absolute Gasteiger partial charge is 0.493 e. The number of rotatable bonds is 14. The first-order valence-corrected chi connectivity index (χ1v) is 16.3. The molecule has 2 unspecified atom stereocenters. The van der Waals surface area contributed by atoms with E-state index in [4.69, 9.17) is 9.47 Å². The van der Waals surface area contributed by atoms with Crippen LogP contribution in [0.3, 0.4) is 0 Å². The second-order valence-electron chi connectivity index (χ2n) is 11.1. The van der Waals surface area contributed by atoms with Crippen LogP contribution in [0.2, 0.25) is 0 Å². The molecule has 44 heavy (non-hydrogen) atoms. The van der Waals surface area contributed by atoms with E-state index in [2.05, 4.69) is 5.32 Å². The van der Waals surface area contributed by atoms with Crippen LogP contribution in [-0.4, -0.2) is 58.0 Å². The van der Waals surface area contributed by atoms with Gasteiger partial charge in [-0.2, -0.15) is 0 Å². The van der Waals surface area contributed by atoms with Crippen molar-refractivity contribution < 1.29 is 27.5 Å². The van der Waals surface area contributed by atoms with Crippen molar-refractivity contribution in [1.29, 1.82) is 0 Å². The zero-order valence-corrected chi connectivity index (χ0v) is 27.8. The van der Waals surface area contributed by atoms with Gasteiger partial charge in [-0.3, -0.25) is 13.9 Å². The molecule has 0 bridgehead atoms. The van der Waals surface area contributed by atoms with E-state index in [0.29, 0.717) is 17.9 Å². The highest BCUT2D eigenvalue weighted by molar-refractivity contribution is 7.92. The topological polar surface area (TPSA) is 105 Å². The second kappa shape index (κ2) is 15.1. The molecule has 10 heteroatoms. The quantitative estimate of drug-likeness (QED) is 0.253. The smallest absolute Gasteiger partial charge is 0.264 e. The predicted molar refractivity (Wildman–Crippen MR) is 174 cm³/mol. The number of ether oxygens (including phenoxy) is 2. The molecule has 0 saturated heterocycles. The lowest BCUT2D eigenvalue weighted by atomic mass is 10.1. The van der Waals surface area contributed by atoms with Crippen LogP contribution < -0.4 is 19.1 Å². The van der Waals surface area contributed by atoms with Crippen molar-refractivity contribution in [2.45, 2.75) is 77.9 Å². The maximum absolute atomic E-state index is 14.4. The summed E-state index contributed by atoms with van der Waals surface area (Å²) in [4.78, 5) is 29.3. The van der Waals surface area contributed by atoms with Crippen molar-refractivity contribution in [2.24, 2.45) is 0 Å². The van der Waals surface area contributed by atoms with Gasteiger partial charge in [0.25, 0.3) is 10.0 Å². The summed E-state index contributed by atoms with van der Waals surface area (Å²) in [6, 6.07) is 16.5. The number of nitrogens with zero attached hydrogens (tertiary/aromatic N) is 2. The Bertz CT molecular complexity index is 1550. The standard InChI is InChI=1S/C34H45N3O6S/c1-9-26(6)35-34(39)30(10-2)36(21-27-14-12-11-13-25(27)5)33(38)22-37(28-18-23(3)17-24(4)19-28)44(40,41)29-15-16-31(42-7)32(20-29)43-8/h11-20,26,30H,9-10,21-22H2,1-8H3,(H,35,39). The Morgan fingerprint density at radius 2 is 1.50 bits per heavy atom. The fourth-order valence-electron chi connectivity index (χ4n) is 5.06. The van der Waals surface area contributed by atoms with E-state index in [1.807, 2.05) is 71.9 Å². The normalized spacial score (nSPS) is 12.6. The fourth-order valence-corrected chi connectivity index (χ4v) is 6.47. The molecule has 2 amide bonds. The monoisotopic (exact) mass is 623 g/mol. The summed E-state index contributed by atoms with van der Waals surface area (Å²) in [5, 5.41) is 3.01. The molecule has 1 N–H and O–H groups in total. The molecular formula is C34H45N3O6S. The summed E-state index contributed by atoms with van der Waals surface area (Å²) >= 11 is 0. The van der Waals surface area contributed by atoms with E-state index in [1.165, 1.54) is 37.3 Å². The van der Waals surface area contributed by atoms with Crippen LogP contribution in [-0.2, 0) is 26.2 Å². The van der Waals surface area contributed by atoms with E-state index in [9.17, 15) is 18.0 Å². The average Bonchev–Trinajstić information content (AvgIpc) is 2.99. The summed E-state index contributed by atoms with van der Waals surface area (Å²) in [6.07, 6.45) is 1.09. The molecule has 0 aromatic heterocycles. The third-order valence-electron chi connectivity index (χ3n) is 7.71. The summed E-state index contributed by atoms with van der Waals surface area (Å²) in [5.41, 5.74) is 3.87. The molecule has 9 nitrogen and oxygen atoms in total. The molecule has 0 radical (unpaired) electrons. The Morgan fingerprint density at radius 1 is 0.864 bits per heavy atom. The van der Waals surface area contributed by atoms with Gasteiger partial charge >= 0.3 is 0 Å². The van der Waals surface area contributed by atoms with Crippen LogP contribution in [0.5, 0.6) is 11.5 Å². The molecule has 238 valence electrons. The van der Waals surface area contributed by atoms with E-state index in [-0.39, 0.29) is 29.1 Å². The van der Waals surface area contributed by atoms with Crippen molar-refractivity contribution in [3.63, 3.8) is 0 Å². The molecule has 0 aliphatic heterocycles. The van der Waals surface area contributed by atoms with Crippen molar-refractivity contribution in [3.8, 4) is 11.5 Å². The molecule has 0 heterocycles. The Labute approximate surface area is 262 Å². The van der Waals surface area contributed by atoms with Crippen LogP contribution in [0, 0.1) is 20.8 Å². The molecule has 2 atom stereocenters. The highest BCUT2D eigenvalue weighted by Gasteiger charge is 2.34. The number of carbonyl (C=O) groups excluding carboxylic acids is 2. The Morgan fingerprint density at radius 3 is 2.07 bits per heavy atom. The minimum Gasteiger partial charge on any atom is -0.493 e. The van der Waals surface area contributed by atoms with Crippen molar-refractivity contribution in [2.75, 3.05) is 25.1 Å². The number of amides is 2. The van der Waals surface area contributed by atoms with Gasteiger partial charge in [-0.1, -0.05) is 44.2 Å². The molecule has 0 spiro atoms. The van der Waals surface area contributed by atoms with E-state index >= 15 is 0 Å². The van der Waals surface area contributed by atoms with Crippen LogP contribution >= 0.6 is 0 Å². The minimum absolute atomic E-state index is 0.0610. The van der Waals surface area contributed by atoms with Gasteiger partial charge in [0.2, 0.25) is 11.8 Å². The number of methoxy groups -OCH3 is 2. The maximum atomic E-state index is 14.4. The van der Waals surface area contributed by atoms with Crippen LogP contribution in [0.4, 0.5) is 5.69 Å². The lowest BCUT2D eigenvalue weighted by Gasteiger charge is -2.34. The summed E-state index contributed by atoms with van der Waals surface area (Å²) in [6.45, 7) is 11.1. The number of sulfonamides is 1. The van der Waals surface area contributed by atoms with E-state index in [1.54, 1.807) is 12.1 Å². The molecule has 0 aliphatic carbocycles. The van der Waals surface area contributed by atoms with Crippen LogP contribution in [0.15, 0.2) is 65.6 Å². The van der Waals surface area contributed by atoms with Crippen molar-refractivity contribution in [1.82, 2.24) is 10.2 Å². The van der Waals surface area contributed by atoms with Gasteiger partial charge in [-0.05, 0) is 87.1 Å². The molecule has 3 aromatic carbocycles. The first-order chi connectivity index (χ1) is 20.9. The van der Waals surface area contributed by atoms with Gasteiger partial charge in [0, 0.05) is 18.7 Å². The number of aryl methyl sites for hydroxylation is 3. The lowest BCUT2D eigenvalue weighted by Crippen LogP contribution is -2.53. The van der Waals surface area contributed by atoms with Gasteiger partial charge in [0.05, 0.1) is 24.8 Å². The van der Waals surface area contributed by atoms with Gasteiger partial charge in [-0.15, -0.1) is 0 Å². The van der Waals surface area contributed by atoms with E-state index < -0.39 is 28.5 Å². The SMILES string of the molecule is CCC(C)NC(=O)C(CC)N(Cc1ccccc1C)C(=O)CN(c1cc(C)cc(C)c1)S(=O)(=O)c1ccc(OC)c(OC)c1. The molecule has 0 saturated carbocycles. The highest BCUT2D eigenvalue weighted by atomic mass is 32.2. The molecule has 0 aliphatic rings. The zero-order chi connectivity index (χ0) is 32.6. The Kier molecular flexibility index (Phi) is 11.8. The average molecular weight is 624 g/mol. The third kappa shape index (κ3) is 8.11. The number of nitrogens with one attached hydrogen (secondary N) is 1. The molecular weight excluding hydrogens is 578 g/mol. The van der Waals surface area contributed by atoms with E-state index in [0.717, 1.165) is 33.0 Å². The van der Waals surface area contributed by atoms with Crippen LogP contribution in [0.1, 0.15) is 55.9 Å². The predicted octanol–water partition coefficient (Wildman–Crippen LogP) is 5.55. The molecule has 3 rings (SSSR count). The van der Waals surface area contributed by atoms with Gasteiger partial charge < -0.3 is 19.7 Å². The number of carbonyl (C=O) groups is 2. The summed E-state index contributed by atoms with van der Waals surface area (Å²) < 4.78 is 40.5. The maximum Gasteiger partial charge on any atom is 0.264 e. The van der Waals surface area contributed by atoms with Crippen molar-refractivity contribution in [3.05, 3.63) is 82.9 Å². The molecule has 3 aromatic rings. The fraction of sp³-hybridized carbons (Fsp3) is 0.412. The summed E-state index contributed by atoms with van der Waals surface area (Å²) in [5.74, 6) is -0.149. The lowest BCUT2D eigenvalue weighted by molar-refractivity contribution is -0.140. The van der Waals surface area contributed by atoms with Gasteiger partial charge in [0.15, 0.2) is 11.5 Å². The first kappa shape index (κ1) is 34.4. The zero-order valence-electron chi connectivity index (χ0n) is 27.0. The number of benzene rings is 3. The number of hydrogen-bond donors (Lipinski definition) is 1. The first-order valence-electron chi connectivity index (χ1n) is 14.8. The van der Waals surface area contributed by atoms with Gasteiger partial charge in [-0.25, -0.2) is 8.42 Å². The highest BCUT2D eigenvalue weighted by Crippen LogP contribution is 2.33. The third-order valence-corrected chi connectivity index (χ3v) is 9.48. The minimum atomic E-state index is -4.28. The Balaban J connectivity index is 2.15. The van der Waals surface area contributed by atoms with Crippen molar-refractivity contribution >= 4 is 27.5 Å². The number of anilines is 1. The molecule has 0 fully saturated rings. The van der Waals surface area contributed by atoms with Gasteiger partial charge in [0.1, 0.15) is 12.6 Å². The second-order valence-corrected chi connectivity index (χ2v) is 12.9. The Hall–Kier alpha value is -4.05. The van der Waals surface area contributed by atoms with Crippen LogP contribution in [0.25, 0.3) is 0 Å². The summed E-state index contributed by atoms with van der Waals surface area (Å²) in [7, 11) is -1.38.